The maximum Gasteiger partial charge on any atom is 0.256 e. The maximum atomic E-state index is 12.0. The van der Waals surface area contributed by atoms with Gasteiger partial charge in [-0.1, -0.05) is 0 Å². The first kappa shape index (κ1) is 13.1. The zero-order valence-corrected chi connectivity index (χ0v) is 11.2. The number of aliphatic hydroxyl groups is 1. The van der Waals surface area contributed by atoms with Gasteiger partial charge in [-0.2, -0.15) is 0 Å². The molecule has 1 amide bonds. The van der Waals surface area contributed by atoms with Crippen LogP contribution >= 0.6 is 15.9 Å². The molecule has 1 N–H and O–H groups in total. The SMILES string of the molecule is CN(CC(C)(C)O)C(=O)c1cccnc1Br. The van der Waals surface area contributed by atoms with Crippen LogP contribution in [0.4, 0.5) is 0 Å². The first-order valence-electron chi connectivity index (χ1n) is 4.89. The van der Waals surface area contributed by atoms with Gasteiger partial charge in [0.1, 0.15) is 4.60 Å². The Morgan fingerprint density at radius 2 is 2.25 bits per heavy atom. The van der Waals surface area contributed by atoms with Crippen LogP contribution in [-0.2, 0) is 0 Å². The lowest BCUT2D eigenvalue weighted by Gasteiger charge is -2.25. The van der Waals surface area contributed by atoms with E-state index in [4.69, 9.17) is 0 Å². The molecule has 1 heterocycles. The third-order valence-corrected chi connectivity index (χ3v) is 2.59. The summed E-state index contributed by atoms with van der Waals surface area (Å²) < 4.78 is 0.516. The van der Waals surface area contributed by atoms with Crippen molar-refractivity contribution >= 4 is 21.8 Å². The first-order valence-corrected chi connectivity index (χ1v) is 5.69. The van der Waals surface area contributed by atoms with Crippen LogP contribution in [0.25, 0.3) is 0 Å². The highest BCUT2D eigenvalue weighted by molar-refractivity contribution is 9.10. The summed E-state index contributed by atoms with van der Waals surface area (Å²) in [6.45, 7) is 3.59. The molecule has 1 aromatic rings. The Morgan fingerprint density at radius 3 is 2.75 bits per heavy atom. The molecule has 0 aliphatic rings. The van der Waals surface area contributed by atoms with E-state index in [0.29, 0.717) is 10.2 Å². The van der Waals surface area contributed by atoms with Crippen molar-refractivity contribution in [2.45, 2.75) is 19.4 Å². The molecular formula is C11H15BrN2O2. The Kier molecular flexibility index (Phi) is 4.04. The number of likely N-dealkylation sites (N-methyl/N-ethyl adjacent to an activating group) is 1. The number of amides is 1. The van der Waals surface area contributed by atoms with Gasteiger partial charge in [0.2, 0.25) is 0 Å². The number of hydrogen-bond donors (Lipinski definition) is 1. The molecule has 4 nitrogen and oxygen atoms in total. The third kappa shape index (κ3) is 3.57. The summed E-state index contributed by atoms with van der Waals surface area (Å²) in [5, 5.41) is 9.63. The van der Waals surface area contributed by atoms with E-state index in [-0.39, 0.29) is 12.5 Å². The Hall–Kier alpha value is -0.940. The third-order valence-electron chi connectivity index (χ3n) is 1.96. The molecule has 0 aliphatic heterocycles. The van der Waals surface area contributed by atoms with E-state index in [1.165, 1.54) is 4.90 Å². The van der Waals surface area contributed by atoms with Gasteiger partial charge in [-0.3, -0.25) is 4.79 Å². The fourth-order valence-corrected chi connectivity index (χ4v) is 1.82. The highest BCUT2D eigenvalue weighted by Gasteiger charge is 2.21. The summed E-state index contributed by atoms with van der Waals surface area (Å²) in [4.78, 5) is 17.4. The number of hydrogen-bond acceptors (Lipinski definition) is 3. The van der Waals surface area contributed by atoms with Crippen LogP contribution in [0.2, 0.25) is 0 Å². The van der Waals surface area contributed by atoms with Crippen LogP contribution in [0.15, 0.2) is 22.9 Å². The predicted molar refractivity (Wildman–Crippen MR) is 65.2 cm³/mol. The predicted octanol–water partition coefficient (Wildman–Crippen LogP) is 1.69. The second-order valence-corrected chi connectivity index (χ2v) is 5.07. The Morgan fingerprint density at radius 1 is 1.62 bits per heavy atom. The second kappa shape index (κ2) is 4.93. The lowest BCUT2D eigenvalue weighted by molar-refractivity contribution is 0.0367. The average Bonchev–Trinajstić information content (AvgIpc) is 2.15. The number of halogens is 1. The molecule has 0 aliphatic carbocycles. The van der Waals surface area contributed by atoms with Gasteiger partial charge in [0.05, 0.1) is 11.2 Å². The monoisotopic (exact) mass is 286 g/mol. The molecule has 0 saturated carbocycles. The molecule has 0 atom stereocenters. The maximum absolute atomic E-state index is 12.0. The van der Waals surface area contributed by atoms with Gasteiger partial charge in [-0.15, -0.1) is 0 Å². The fraction of sp³-hybridized carbons (Fsp3) is 0.455. The Bertz CT molecular complexity index is 388. The zero-order chi connectivity index (χ0) is 12.3. The largest absolute Gasteiger partial charge is 0.389 e. The minimum Gasteiger partial charge on any atom is -0.389 e. The van der Waals surface area contributed by atoms with Crippen molar-refractivity contribution in [1.29, 1.82) is 0 Å². The van der Waals surface area contributed by atoms with Crippen LogP contribution in [0.5, 0.6) is 0 Å². The van der Waals surface area contributed by atoms with Crippen molar-refractivity contribution in [1.82, 2.24) is 9.88 Å². The van der Waals surface area contributed by atoms with Crippen LogP contribution in [0, 0.1) is 0 Å². The molecule has 0 spiro atoms. The summed E-state index contributed by atoms with van der Waals surface area (Å²) in [6.07, 6.45) is 1.61. The van der Waals surface area contributed by atoms with Crippen molar-refractivity contribution < 1.29 is 9.90 Å². The van der Waals surface area contributed by atoms with E-state index in [1.54, 1.807) is 39.2 Å². The molecule has 0 unspecified atom stereocenters. The zero-order valence-electron chi connectivity index (χ0n) is 9.57. The van der Waals surface area contributed by atoms with Gasteiger partial charge in [0.15, 0.2) is 0 Å². The number of carbonyl (C=O) groups excluding carboxylic acids is 1. The minimum absolute atomic E-state index is 0.165. The molecule has 5 heteroatoms. The molecule has 16 heavy (non-hydrogen) atoms. The fourth-order valence-electron chi connectivity index (χ4n) is 1.40. The van der Waals surface area contributed by atoms with Gasteiger partial charge >= 0.3 is 0 Å². The summed E-state index contributed by atoms with van der Waals surface area (Å²) >= 11 is 3.22. The highest BCUT2D eigenvalue weighted by atomic mass is 79.9. The van der Waals surface area contributed by atoms with E-state index in [1.807, 2.05) is 0 Å². The number of rotatable bonds is 3. The molecule has 88 valence electrons. The van der Waals surface area contributed by atoms with Crippen molar-refractivity contribution in [3.8, 4) is 0 Å². The van der Waals surface area contributed by atoms with Crippen molar-refractivity contribution in [2.24, 2.45) is 0 Å². The number of aromatic nitrogens is 1. The summed E-state index contributed by atoms with van der Waals surface area (Å²) in [5.41, 5.74) is -0.409. The van der Waals surface area contributed by atoms with Crippen molar-refractivity contribution in [3.63, 3.8) is 0 Å². The Labute approximate surface area is 103 Å². The lowest BCUT2D eigenvalue weighted by Crippen LogP contribution is -2.39. The van der Waals surface area contributed by atoms with E-state index >= 15 is 0 Å². The molecule has 0 fully saturated rings. The Balaban J connectivity index is 2.83. The molecule has 0 aromatic carbocycles. The smallest absolute Gasteiger partial charge is 0.256 e. The average molecular weight is 287 g/mol. The molecule has 0 saturated heterocycles. The van der Waals surface area contributed by atoms with Gasteiger partial charge in [-0.25, -0.2) is 4.98 Å². The minimum atomic E-state index is -0.904. The highest BCUT2D eigenvalue weighted by Crippen LogP contribution is 2.15. The number of carbonyl (C=O) groups is 1. The summed E-state index contributed by atoms with van der Waals surface area (Å²) in [7, 11) is 1.65. The van der Waals surface area contributed by atoms with Crippen LogP contribution in [0.3, 0.4) is 0 Å². The van der Waals surface area contributed by atoms with E-state index < -0.39 is 5.60 Å². The van der Waals surface area contributed by atoms with Gasteiger partial charge in [-0.05, 0) is 41.9 Å². The summed E-state index contributed by atoms with van der Waals surface area (Å²) in [5.74, 6) is -0.165. The topological polar surface area (TPSA) is 53.4 Å². The molecule has 0 bridgehead atoms. The van der Waals surface area contributed by atoms with Gasteiger partial charge < -0.3 is 10.0 Å². The lowest BCUT2D eigenvalue weighted by atomic mass is 10.1. The van der Waals surface area contributed by atoms with Gasteiger partial charge in [0.25, 0.3) is 5.91 Å². The van der Waals surface area contributed by atoms with E-state index in [2.05, 4.69) is 20.9 Å². The standard InChI is InChI=1S/C11H15BrN2O2/c1-11(2,16)7-14(3)10(15)8-5-4-6-13-9(8)12/h4-6,16H,7H2,1-3H3. The molecular weight excluding hydrogens is 272 g/mol. The van der Waals surface area contributed by atoms with Crippen LogP contribution < -0.4 is 0 Å². The van der Waals surface area contributed by atoms with E-state index in [0.717, 1.165) is 0 Å². The molecule has 0 radical (unpaired) electrons. The van der Waals surface area contributed by atoms with Crippen molar-refractivity contribution in [2.75, 3.05) is 13.6 Å². The van der Waals surface area contributed by atoms with Gasteiger partial charge in [0, 0.05) is 19.8 Å². The van der Waals surface area contributed by atoms with E-state index in [9.17, 15) is 9.90 Å². The molecule has 1 aromatic heterocycles. The quantitative estimate of drug-likeness (QED) is 0.861. The van der Waals surface area contributed by atoms with Crippen LogP contribution in [0.1, 0.15) is 24.2 Å². The van der Waals surface area contributed by atoms with Crippen molar-refractivity contribution in [3.05, 3.63) is 28.5 Å². The number of pyridine rings is 1. The second-order valence-electron chi connectivity index (χ2n) is 4.32. The van der Waals surface area contributed by atoms with Crippen LogP contribution in [-0.4, -0.2) is 40.1 Å². The summed E-state index contributed by atoms with van der Waals surface area (Å²) in [6, 6.07) is 3.40. The molecule has 1 rings (SSSR count). The number of nitrogens with zero attached hydrogens (tertiary/aromatic N) is 2. The normalized spacial score (nSPS) is 11.3. The first-order chi connectivity index (χ1) is 7.31.